The molecule has 0 atom stereocenters. The summed E-state index contributed by atoms with van der Waals surface area (Å²) < 4.78 is 0. The van der Waals surface area contributed by atoms with Crippen molar-refractivity contribution in [2.75, 3.05) is 20.6 Å². The maximum atomic E-state index is 5.10. The fourth-order valence-electron chi connectivity index (χ4n) is 3.26. The van der Waals surface area contributed by atoms with E-state index in [4.69, 9.17) is 12.2 Å². The van der Waals surface area contributed by atoms with Gasteiger partial charge < -0.3 is 10.6 Å². The number of nitrogens with one attached hydrogen (secondary N) is 2. The minimum Gasteiger partial charge on any atom is -0.366 e. The van der Waals surface area contributed by atoms with Gasteiger partial charge in [0.05, 0.1) is 0 Å². The van der Waals surface area contributed by atoms with Crippen LogP contribution in [-0.4, -0.2) is 41.7 Å². The third-order valence-electron chi connectivity index (χ3n) is 4.46. The molecule has 0 bridgehead atoms. The van der Waals surface area contributed by atoms with Crippen LogP contribution >= 0.6 is 12.2 Å². The second kappa shape index (κ2) is 5.74. The van der Waals surface area contributed by atoms with Crippen molar-refractivity contribution in [3.8, 4) is 0 Å². The summed E-state index contributed by atoms with van der Waals surface area (Å²) in [5, 5.41) is 6.96. The fraction of sp³-hybridized carbons (Fsp3) is 0.929. The lowest BCUT2D eigenvalue weighted by Crippen LogP contribution is -2.58. The monoisotopic (exact) mass is 271 g/mol. The molecule has 0 aromatic heterocycles. The van der Waals surface area contributed by atoms with Crippen molar-refractivity contribution in [1.82, 2.24) is 15.5 Å². The summed E-state index contributed by atoms with van der Waals surface area (Å²) in [7, 11) is 4.11. The molecule has 106 valence electrons. The number of rotatable bonds is 3. The summed E-state index contributed by atoms with van der Waals surface area (Å²) in [6.45, 7) is 10.4. The minimum absolute atomic E-state index is 0.288. The minimum atomic E-state index is 0.288. The highest BCUT2D eigenvalue weighted by Gasteiger charge is 2.42. The first-order chi connectivity index (χ1) is 8.19. The lowest BCUT2D eigenvalue weighted by Gasteiger charge is -2.54. The molecule has 0 spiro atoms. The first-order valence-corrected chi connectivity index (χ1v) is 7.29. The Morgan fingerprint density at radius 3 is 2.17 bits per heavy atom. The fourth-order valence-corrected chi connectivity index (χ4v) is 3.36. The Morgan fingerprint density at radius 1 is 1.22 bits per heavy atom. The maximum absolute atomic E-state index is 5.10. The molecule has 1 aliphatic heterocycles. The van der Waals surface area contributed by atoms with Crippen LogP contribution in [0.15, 0.2) is 0 Å². The molecule has 0 radical (unpaired) electrons. The summed E-state index contributed by atoms with van der Waals surface area (Å²) in [6, 6.07) is 0. The van der Waals surface area contributed by atoms with E-state index in [0.717, 1.165) is 17.6 Å². The number of thiocarbonyl (C=S) groups is 1. The molecule has 1 heterocycles. The van der Waals surface area contributed by atoms with E-state index in [1.54, 1.807) is 0 Å². The van der Waals surface area contributed by atoms with E-state index in [1.165, 1.54) is 19.3 Å². The largest absolute Gasteiger partial charge is 0.366 e. The molecular formula is C14H29N3S. The Kier molecular flexibility index (Phi) is 5.01. The van der Waals surface area contributed by atoms with Crippen molar-refractivity contribution in [3.05, 3.63) is 0 Å². The Balaban J connectivity index is 2.51. The molecule has 0 aromatic rings. The second-order valence-electron chi connectivity index (χ2n) is 6.75. The Bertz CT molecular complexity index is 281. The van der Waals surface area contributed by atoms with Crippen molar-refractivity contribution in [3.63, 3.8) is 0 Å². The highest BCUT2D eigenvalue weighted by Crippen LogP contribution is 2.41. The van der Waals surface area contributed by atoms with Gasteiger partial charge in [0.2, 0.25) is 0 Å². The molecule has 1 fully saturated rings. The van der Waals surface area contributed by atoms with Crippen LogP contribution in [-0.2, 0) is 0 Å². The number of hydrogen-bond acceptors (Lipinski definition) is 2. The first-order valence-electron chi connectivity index (χ1n) is 6.88. The third-order valence-corrected chi connectivity index (χ3v) is 4.81. The van der Waals surface area contributed by atoms with Crippen molar-refractivity contribution in [1.29, 1.82) is 0 Å². The Morgan fingerprint density at radius 2 is 1.72 bits per heavy atom. The molecule has 2 N–H and O–H groups in total. The number of nitrogens with zero attached hydrogens (tertiary/aromatic N) is 1. The molecule has 18 heavy (non-hydrogen) atoms. The SMILES string of the molecule is CNC(=S)NCCC1CC(C)(C)N(C)C(C)(C)C1. The Labute approximate surface area is 118 Å². The lowest BCUT2D eigenvalue weighted by molar-refractivity contribution is -0.0312. The molecule has 3 nitrogen and oxygen atoms in total. The van der Waals surface area contributed by atoms with Gasteiger partial charge in [-0.1, -0.05) is 0 Å². The normalized spacial score (nSPS) is 23.7. The van der Waals surface area contributed by atoms with Crippen LogP contribution in [0.1, 0.15) is 47.0 Å². The molecule has 0 saturated carbocycles. The van der Waals surface area contributed by atoms with Gasteiger partial charge in [-0.15, -0.1) is 0 Å². The molecule has 0 aromatic carbocycles. The van der Waals surface area contributed by atoms with Gasteiger partial charge in [0.1, 0.15) is 0 Å². The van der Waals surface area contributed by atoms with Crippen LogP contribution in [0.3, 0.4) is 0 Å². The average Bonchev–Trinajstić information content (AvgIpc) is 2.25. The summed E-state index contributed by atoms with van der Waals surface area (Å²) in [4.78, 5) is 2.53. The van der Waals surface area contributed by atoms with E-state index < -0.39 is 0 Å². The van der Waals surface area contributed by atoms with Crippen molar-refractivity contribution in [2.45, 2.75) is 58.0 Å². The van der Waals surface area contributed by atoms with Crippen LogP contribution in [0.4, 0.5) is 0 Å². The molecule has 1 saturated heterocycles. The van der Waals surface area contributed by atoms with Gasteiger partial charge in [-0.2, -0.15) is 0 Å². The van der Waals surface area contributed by atoms with E-state index in [0.29, 0.717) is 0 Å². The van der Waals surface area contributed by atoms with E-state index in [2.05, 4.69) is 50.3 Å². The van der Waals surface area contributed by atoms with Gasteiger partial charge in [0.25, 0.3) is 0 Å². The van der Waals surface area contributed by atoms with Crippen LogP contribution in [0, 0.1) is 5.92 Å². The third kappa shape index (κ3) is 3.82. The summed E-state index contributed by atoms with van der Waals surface area (Å²) >= 11 is 5.10. The van der Waals surface area contributed by atoms with E-state index in [1.807, 2.05) is 7.05 Å². The summed E-state index contributed by atoms with van der Waals surface area (Å²) in [6.07, 6.45) is 3.73. The number of likely N-dealkylation sites (tertiary alicyclic amines) is 1. The molecule has 0 unspecified atom stereocenters. The van der Waals surface area contributed by atoms with Crippen molar-refractivity contribution >= 4 is 17.3 Å². The summed E-state index contributed by atoms with van der Waals surface area (Å²) in [5.41, 5.74) is 0.575. The predicted octanol–water partition coefficient (Wildman–Crippen LogP) is 2.37. The summed E-state index contributed by atoms with van der Waals surface area (Å²) in [5.74, 6) is 0.776. The van der Waals surface area contributed by atoms with Crippen molar-refractivity contribution < 1.29 is 0 Å². The zero-order valence-electron chi connectivity index (χ0n) is 12.8. The zero-order valence-corrected chi connectivity index (χ0v) is 13.6. The first kappa shape index (κ1) is 15.7. The molecule has 1 aliphatic rings. The van der Waals surface area contributed by atoms with Gasteiger partial charge >= 0.3 is 0 Å². The number of hydrogen-bond donors (Lipinski definition) is 2. The van der Waals surface area contributed by atoms with Crippen molar-refractivity contribution in [2.24, 2.45) is 5.92 Å². The molecule has 1 rings (SSSR count). The molecule has 4 heteroatoms. The van der Waals surface area contributed by atoms with E-state index in [9.17, 15) is 0 Å². The van der Waals surface area contributed by atoms with Crippen LogP contribution < -0.4 is 10.6 Å². The highest BCUT2D eigenvalue weighted by molar-refractivity contribution is 7.80. The second-order valence-corrected chi connectivity index (χ2v) is 7.16. The van der Waals surface area contributed by atoms with Gasteiger partial charge in [-0.25, -0.2) is 0 Å². The molecular weight excluding hydrogens is 242 g/mol. The standard InChI is InChI=1S/C14H29N3S/c1-13(2)9-11(7-8-16-12(18)15-5)10-14(3,4)17(13)6/h11H,7-10H2,1-6H3,(H2,15,16,18). The average molecular weight is 271 g/mol. The quantitative estimate of drug-likeness (QED) is 0.771. The van der Waals surface area contributed by atoms with Crippen LogP contribution in [0.2, 0.25) is 0 Å². The van der Waals surface area contributed by atoms with Crippen LogP contribution in [0.25, 0.3) is 0 Å². The Hall–Kier alpha value is -0.350. The van der Waals surface area contributed by atoms with Gasteiger partial charge in [0, 0.05) is 24.7 Å². The van der Waals surface area contributed by atoms with E-state index >= 15 is 0 Å². The molecule has 0 amide bonds. The number of piperidine rings is 1. The highest BCUT2D eigenvalue weighted by atomic mass is 32.1. The van der Waals surface area contributed by atoms with Gasteiger partial charge in [-0.3, -0.25) is 4.90 Å². The van der Waals surface area contributed by atoms with Gasteiger partial charge in [0.15, 0.2) is 5.11 Å². The lowest BCUT2D eigenvalue weighted by atomic mass is 9.73. The molecule has 0 aliphatic carbocycles. The maximum Gasteiger partial charge on any atom is 0.166 e. The van der Waals surface area contributed by atoms with Gasteiger partial charge in [-0.05, 0) is 72.1 Å². The van der Waals surface area contributed by atoms with E-state index in [-0.39, 0.29) is 11.1 Å². The predicted molar refractivity (Wildman–Crippen MR) is 82.9 cm³/mol. The van der Waals surface area contributed by atoms with Crippen LogP contribution in [0.5, 0.6) is 0 Å². The smallest absolute Gasteiger partial charge is 0.166 e. The zero-order chi connectivity index (χ0) is 14.0. The topological polar surface area (TPSA) is 27.3 Å².